The van der Waals surface area contributed by atoms with E-state index in [2.05, 4.69) is 51.5 Å². The average molecular weight is 417 g/mol. The van der Waals surface area contributed by atoms with Crippen LogP contribution in [0.1, 0.15) is 23.0 Å². The number of hydrogen-bond donors (Lipinski definition) is 0. The third-order valence-corrected chi connectivity index (χ3v) is 5.65. The maximum Gasteiger partial charge on any atom is 0.255 e. The minimum Gasteiger partial charge on any atom is -0.383 e. The molecule has 6 heteroatoms. The number of fused-ring (bicyclic) bond motifs is 1. The van der Waals surface area contributed by atoms with Gasteiger partial charge in [-0.25, -0.2) is 4.98 Å². The smallest absolute Gasteiger partial charge is 0.255 e. The molecule has 2 heterocycles. The van der Waals surface area contributed by atoms with Crippen LogP contribution >= 0.6 is 0 Å². The molecule has 0 saturated carbocycles. The summed E-state index contributed by atoms with van der Waals surface area (Å²) >= 11 is 0. The van der Waals surface area contributed by atoms with Crippen LogP contribution in [0.3, 0.4) is 0 Å². The fraction of sp³-hybridized carbons (Fsp3) is 0.280. The highest BCUT2D eigenvalue weighted by molar-refractivity contribution is 6.05. The van der Waals surface area contributed by atoms with Gasteiger partial charge in [0.15, 0.2) is 0 Å². The first kappa shape index (κ1) is 20.9. The molecule has 2 aromatic carbocycles. The lowest BCUT2D eigenvalue weighted by atomic mass is 9.97. The number of benzene rings is 2. The maximum absolute atomic E-state index is 13.4. The Morgan fingerprint density at radius 3 is 2.71 bits per heavy atom. The van der Waals surface area contributed by atoms with Gasteiger partial charge in [-0.3, -0.25) is 4.79 Å². The van der Waals surface area contributed by atoms with Gasteiger partial charge in [0.25, 0.3) is 5.91 Å². The first-order valence-corrected chi connectivity index (χ1v) is 10.5. The van der Waals surface area contributed by atoms with Crippen molar-refractivity contribution in [3.05, 3.63) is 78.6 Å². The van der Waals surface area contributed by atoms with E-state index in [1.54, 1.807) is 12.0 Å². The SMILES string of the molecule is CCn1cncc1Cn1cc(C(=O)N(C)CCOC)c(-c2cccc3ccccc23)c1. The van der Waals surface area contributed by atoms with Crippen LogP contribution in [0.2, 0.25) is 0 Å². The first-order valence-electron chi connectivity index (χ1n) is 10.5. The van der Waals surface area contributed by atoms with Crippen molar-refractivity contribution in [3.8, 4) is 11.1 Å². The van der Waals surface area contributed by atoms with Gasteiger partial charge in [-0.2, -0.15) is 0 Å². The Balaban J connectivity index is 1.80. The van der Waals surface area contributed by atoms with Crippen molar-refractivity contribution in [2.24, 2.45) is 0 Å². The molecule has 1 amide bonds. The van der Waals surface area contributed by atoms with Crippen molar-refractivity contribution in [3.63, 3.8) is 0 Å². The highest BCUT2D eigenvalue weighted by atomic mass is 16.5. The molecule has 0 spiro atoms. The topological polar surface area (TPSA) is 52.3 Å². The summed E-state index contributed by atoms with van der Waals surface area (Å²) in [5.41, 5.74) is 3.80. The zero-order valence-corrected chi connectivity index (χ0v) is 18.3. The number of aryl methyl sites for hydroxylation is 1. The molecule has 160 valence electrons. The van der Waals surface area contributed by atoms with Gasteiger partial charge in [0.05, 0.1) is 30.7 Å². The molecule has 0 aliphatic heterocycles. The number of hydrogen-bond acceptors (Lipinski definition) is 3. The molecule has 2 aromatic heterocycles. The van der Waals surface area contributed by atoms with Crippen molar-refractivity contribution in [1.82, 2.24) is 19.0 Å². The predicted molar refractivity (Wildman–Crippen MR) is 123 cm³/mol. The van der Waals surface area contributed by atoms with Gasteiger partial charge in [-0.05, 0) is 23.3 Å². The molecule has 0 N–H and O–H groups in total. The Labute approximate surface area is 182 Å². The molecule has 6 nitrogen and oxygen atoms in total. The van der Waals surface area contributed by atoms with E-state index in [-0.39, 0.29) is 5.91 Å². The van der Waals surface area contributed by atoms with E-state index in [1.807, 2.05) is 44.0 Å². The monoisotopic (exact) mass is 416 g/mol. The Bertz CT molecular complexity index is 1190. The molecule has 31 heavy (non-hydrogen) atoms. The minimum atomic E-state index is -0.0114. The molecular formula is C25H28N4O2. The first-order chi connectivity index (χ1) is 15.1. The lowest BCUT2D eigenvalue weighted by molar-refractivity contribution is 0.0745. The number of ether oxygens (including phenoxy) is 1. The van der Waals surface area contributed by atoms with Crippen LogP contribution in [0.25, 0.3) is 21.9 Å². The second kappa shape index (κ2) is 9.18. The molecule has 0 radical (unpaired) electrons. The van der Waals surface area contributed by atoms with Crippen LogP contribution in [0.15, 0.2) is 67.4 Å². The number of carbonyl (C=O) groups is 1. The Morgan fingerprint density at radius 2 is 1.90 bits per heavy atom. The van der Waals surface area contributed by atoms with Gasteiger partial charge in [-0.15, -0.1) is 0 Å². The van der Waals surface area contributed by atoms with Gasteiger partial charge in [0.2, 0.25) is 0 Å². The normalized spacial score (nSPS) is 11.2. The molecular weight excluding hydrogens is 388 g/mol. The van der Waals surface area contributed by atoms with Gasteiger partial charge >= 0.3 is 0 Å². The average Bonchev–Trinajstić information content (AvgIpc) is 3.43. The molecule has 0 atom stereocenters. The summed E-state index contributed by atoms with van der Waals surface area (Å²) in [7, 11) is 3.46. The van der Waals surface area contributed by atoms with Crippen LogP contribution in [0.5, 0.6) is 0 Å². The second-order valence-corrected chi connectivity index (χ2v) is 7.68. The predicted octanol–water partition coefficient (Wildman–Crippen LogP) is 4.29. The Morgan fingerprint density at radius 1 is 1.10 bits per heavy atom. The van der Waals surface area contributed by atoms with Crippen LogP contribution in [-0.4, -0.2) is 52.2 Å². The Kier molecular flexibility index (Phi) is 6.18. The molecule has 4 aromatic rings. The van der Waals surface area contributed by atoms with Gasteiger partial charge < -0.3 is 18.8 Å². The zero-order chi connectivity index (χ0) is 21.8. The molecule has 0 aliphatic carbocycles. The number of methoxy groups -OCH3 is 1. The van der Waals surface area contributed by atoms with E-state index >= 15 is 0 Å². The van der Waals surface area contributed by atoms with Crippen molar-refractivity contribution in [2.75, 3.05) is 27.3 Å². The summed E-state index contributed by atoms with van der Waals surface area (Å²) in [6.07, 6.45) is 7.75. The number of carbonyl (C=O) groups excluding carboxylic acids is 1. The number of imidazole rings is 1. The molecule has 0 bridgehead atoms. The van der Waals surface area contributed by atoms with Crippen molar-refractivity contribution < 1.29 is 9.53 Å². The third kappa shape index (κ3) is 4.25. The van der Waals surface area contributed by atoms with Crippen molar-refractivity contribution in [1.29, 1.82) is 0 Å². The number of aromatic nitrogens is 3. The fourth-order valence-corrected chi connectivity index (χ4v) is 3.93. The number of nitrogens with zero attached hydrogens (tertiary/aromatic N) is 4. The van der Waals surface area contributed by atoms with Gasteiger partial charge in [0.1, 0.15) is 0 Å². The molecule has 0 unspecified atom stereocenters. The summed E-state index contributed by atoms with van der Waals surface area (Å²) < 4.78 is 9.36. The fourth-order valence-electron chi connectivity index (χ4n) is 3.93. The van der Waals surface area contributed by atoms with E-state index in [0.717, 1.165) is 34.1 Å². The van der Waals surface area contributed by atoms with Crippen LogP contribution in [0.4, 0.5) is 0 Å². The number of rotatable bonds is 8. The van der Waals surface area contributed by atoms with Crippen LogP contribution in [0, 0.1) is 0 Å². The van der Waals surface area contributed by atoms with E-state index in [9.17, 15) is 4.79 Å². The molecule has 0 aliphatic rings. The standard InChI is InChI=1S/C25H28N4O2/c1-4-29-18-26-14-20(29)15-28-16-23(24(17-28)25(30)27(2)12-13-31-3)22-11-7-9-19-8-5-6-10-21(19)22/h5-11,14,16-18H,4,12-13,15H2,1-3H3. The van der Waals surface area contributed by atoms with Crippen LogP contribution in [-0.2, 0) is 17.8 Å². The number of likely N-dealkylation sites (N-methyl/N-ethyl adjacent to an activating group) is 1. The summed E-state index contributed by atoms with van der Waals surface area (Å²) in [4.78, 5) is 19.4. The summed E-state index contributed by atoms with van der Waals surface area (Å²) in [6, 6.07) is 14.5. The largest absolute Gasteiger partial charge is 0.383 e. The second-order valence-electron chi connectivity index (χ2n) is 7.68. The van der Waals surface area contributed by atoms with Gasteiger partial charge in [-0.1, -0.05) is 42.5 Å². The van der Waals surface area contributed by atoms with Crippen LogP contribution < -0.4 is 0 Å². The van der Waals surface area contributed by atoms with E-state index in [4.69, 9.17) is 4.74 Å². The Hall–Kier alpha value is -3.38. The van der Waals surface area contributed by atoms with E-state index < -0.39 is 0 Å². The summed E-state index contributed by atoms with van der Waals surface area (Å²) in [5, 5.41) is 2.29. The van der Waals surface area contributed by atoms with E-state index in [1.165, 1.54) is 0 Å². The maximum atomic E-state index is 13.4. The van der Waals surface area contributed by atoms with Gasteiger partial charge in [0, 0.05) is 51.4 Å². The highest BCUT2D eigenvalue weighted by Crippen LogP contribution is 2.32. The number of amides is 1. The quantitative estimate of drug-likeness (QED) is 0.431. The minimum absolute atomic E-state index is 0.0114. The summed E-state index contributed by atoms with van der Waals surface area (Å²) in [5.74, 6) is -0.0114. The molecule has 0 saturated heterocycles. The molecule has 0 fully saturated rings. The third-order valence-electron chi connectivity index (χ3n) is 5.65. The lowest BCUT2D eigenvalue weighted by Gasteiger charge is -2.17. The van der Waals surface area contributed by atoms with E-state index in [0.29, 0.717) is 25.3 Å². The summed E-state index contributed by atoms with van der Waals surface area (Å²) in [6.45, 7) is 4.65. The highest BCUT2D eigenvalue weighted by Gasteiger charge is 2.21. The molecule has 4 rings (SSSR count). The van der Waals surface area contributed by atoms with Crippen molar-refractivity contribution in [2.45, 2.75) is 20.0 Å². The lowest BCUT2D eigenvalue weighted by Crippen LogP contribution is -2.30. The zero-order valence-electron chi connectivity index (χ0n) is 18.3. The van der Waals surface area contributed by atoms with Crippen molar-refractivity contribution >= 4 is 16.7 Å².